The van der Waals surface area contributed by atoms with Crippen LogP contribution in [0.4, 0.5) is 17.8 Å². The van der Waals surface area contributed by atoms with E-state index in [0.29, 0.717) is 17.8 Å². The minimum absolute atomic E-state index is 0.587. The minimum atomic E-state index is 0.587. The topological polar surface area (TPSA) is 69.2 Å². The number of rotatable bonds is 6. The normalized spacial score (nSPS) is 15.9. The van der Waals surface area contributed by atoms with Crippen molar-refractivity contribution >= 4 is 17.8 Å². The van der Waals surface area contributed by atoms with Crippen molar-refractivity contribution in [2.75, 3.05) is 62.9 Å². The van der Waals surface area contributed by atoms with Gasteiger partial charge in [-0.3, -0.25) is 0 Å². The van der Waals surface area contributed by atoms with E-state index in [4.69, 9.17) is 0 Å². The maximum atomic E-state index is 4.40. The Hall–Kier alpha value is -1.63. The van der Waals surface area contributed by atoms with E-state index in [1.54, 1.807) is 0 Å². The molecule has 1 saturated heterocycles. The Labute approximate surface area is 120 Å². The average Bonchev–Trinajstić information content (AvgIpc) is 2.48. The van der Waals surface area contributed by atoms with Crippen LogP contribution in [0, 0.1) is 0 Å². The monoisotopic (exact) mass is 279 g/mol. The quantitative estimate of drug-likeness (QED) is 0.801. The first-order valence-electron chi connectivity index (χ1n) is 7.26. The van der Waals surface area contributed by atoms with Crippen molar-refractivity contribution in [3.8, 4) is 0 Å². The molecule has 7 nitrogen and oxygen atoms in total. The molecule has 0 aliphatic carbocycles. The molecule has 112 valence electrons. The molecule has 0 bridgehead atoms. The summed E-state index contributed by atoms with van der Waals surface area (Å²) in [5, 5.41) is 6.25. The highest BCUT2D eigenvalue weighted by atomic mass is 15.3. The highest BCUT2D eigenvalue weighted by Crippen LogP contribution is 2.11. The van der Waals surface area contributed by atoms with E-state index in [2.05, 4.69) is 30.5 Å². The summed E-state index contributed by atoms with van der Waals surface area (Å²) in [6.07, 6.45) is 4.01. The molecule has 1 aromatic heterocycles. The van der Waals surface area contributed by atoms with E-state index < -0.39 is 0 Å². The molecule has 7 heteroatoms. The van der Waals surface area contributed by atoms with Crippen LogP contribution in [0.1, 0.15) is 19.3 Å². The first kappa shape index (κ1) is 14.8. The van der Waals surface area contributed by atoms with Gasteiger partial charge < -0.3 is 20.4 Å². The first-order chi connectivity index (χ1) is 9.69. The molecule has 0 spiro atoms. The first-order valence-corrected chi connectivity index (χ1v) is 7.26. The van der Waals surface area contributed by atoms with E-state index in [1.807, 2.05) is 26.0 Å². The fourth-order valence-corrected chi connectivity index (χ4v) is 2.26. The molecule has 2 rings (SSSR count). The number of likely N-dealkylation sites (tertiary alicyclic amines) is 1. The van der Waals surface area contributed by atoms with Crippen molar-refractivity contribution < 1.29 is 0 Å². The Bertz CT molecular complexity index is 415. The van der Waals surface area contributed by atoms with Gasteiger partial charge in [0, 0.05) is 34.2 Å². The van der Waals surface area contributed by atoms with Crippen molar-refractivity contribution in [2.45, 2.75) is 19.3 Å². The number of aromatic nitrogens is 3. The number of hydrogen-bond donors (Lipinski definition) is 2. The van der Waals surface area contributed by atoms with Gasteiger partial charge in [0.25, 0.3) is 0 Å². The summed E-state index contributed by atoms with van der Waals surface area (Å²) in [5.41, 5.74) is 0. The lowest BCUT2D eigenvalue weighted by molar-refractivity contribution is 0.237. The number of nitrogens with zero attached hydrogens (tertiary/aromatic N) is 5. The molecule has 0 radical (unpaired) electrons. The van der Waals surface area contributed by atoms with Gasteiger partial charge in [0.05, 0.1) is 0 Å². The predicted octanol–water partition coefficient (Wildman–Crippen LogP) is 0.877. The summed E-state index contributed by atoms with van der Waals surface area (Å²) in [6.45, 7) is 4.32. The summed E-state index contributed by atoms with van der Waals surface area (Å²) in [5.74, 6) is 1.87. The van der Waals surface area contributed by atoms with E-state index in [1.165, 1.54) is 32.4 Å². The lowest BCUT2D eigenvalue weighted by atomic mass is 10.1. The van der Waals surface area contributed by atoms with Crippen molar-refractivity contribution in [1.29, 1.82) is 0 Å². The molecule has 0 atom stereocenters. The number of hydrogen-bond acceptors (Lipinski definition) is 7. The largest absolute Gasteiger partial charge is 0.357 e. The average molecular weight is 279 g/mol. The molecule has 1 aliphatic rings. The zero-order valence-corrected chi connectivity index (χ0v) is 12.7. The van der Waals surface area contributed by atoms with Gasteiger partial charge in [-0.05, 0) is 25.9 Å². The van der Waals surface area contributed by atoms with Gasteiger partial charge in [0.1, 0.15) is 0 Å². The van der Waals surface area contributed by atoms with Gasteiger partial charge in [-0.25, -0.2) is 0 Å². The third-order valence-electron chi connectivity index (χ3n) is 3.41. The summed E-state index contributed by atoms with van der Waals surface area (Å²) in [4.78, 5) is 17.4. The molecule has 2 N–H and O–H groups in total. The van der Waals surface area contributed by atoms with Crippen LogP contribution in [0.5, 0.6) is 0 Å². The molecule has 0 amide bonds. The molecular formula is C13H25N7. The third-order valence-corrected chi connectivity index (χ3v) is 3.41. The van der Waals surface area contributed by atoms with Gasteiger partial charge in [-0.1, -0.05) is 6.42 Å². The van der Waals surface area contributed by atoms with E-state index in [0.717, 1.165) is 13.1 Å². The van der Waals surface area contributed by atoms with Crippen LogP contribution in [0.25, 0.3) is 0 Å². The van der Waals surface area contributed by atoms with Crippen molar-refractivity contribution in [3.63, 3.8) is 0 Å². The molecule has 1 aliphatic heterocycles. The molecule has 0 unspecified atom stereocenters. The SMILES string of the molecule is CNc1nc(NCCN2CCCCC2)nc(N(C)C)n1. The zero-order chi connectivity index (χ0) is 14.4. The van der Waals surface area contributed by atoms with Crippen LogP contribution >= 0.6 is 0 Å². The van der Waals surface area contributed by atoms with Gasteiger partial charge in [0.15, 0.2) is 0 Å². The fraction of sp³-hybridized carbons (Fsp3) is 0.769. The molecular weight excluding hydrogens is 254 g/mol. The summed E-state index contributed by atoms with van der Waals surface area (Å²) >= 11 is 0. The molecule has 1 aromatic rings. The maximum absolute atomic E-state index is 4.40. The van der Waals surface area contributed by atoms with Gasteiger partial charge in [0.2, 0.25) is 17.8 Å². The van der Waals surface area contributed by atoms with Crippen LogP contribution in [-0.4, -0.2) is 67.2 Å². The van der Waals surface area contributed by atoms with Gasteiger partial charge >= 0.3 is 0 Å². The highest BCUT2D eigenvalue weighted by molar-refractivity contribution is 5.42. The minimum Gasteiger partial charge on any atom is -0.357 e. The fourth-order valence-electron chi connectivity index (χ4n) is 2.26. The molecule has 2 heterocycles. The smallest absolute Gasteiger partial charge is 0.231 e. The Morgan fingerprint density at radius 3 is 2.40 bits per heavy atom. The Morgan fingerprint density at radius 2 is 1.75 bits per heavy atom. The summed E-state index contributed by atoms with van der Waals surface area (Å²) in [6, 6.07) is 0. The second-order valence-corrected chi connectivity index (χ2v) is 5.26. The van der Waals surface area contributed by atoms with Crippen LogP contribution in [-0.2, 0) is 0 Å². The second-order valence-electron chi connectivity index (χ2n) is 5.26. The lowest BCUT2D eigenvalue weighted by Crippen LogP contribution is -2.34. The van der Waals surface area contributed by atoms with Crippen molar-refractivity contribution in [3.05, 3.63) is 0 Å². The van der Waals surface area contributed by atoms with Crippen LogP contribution in [0.2, 0.25) is 0 Å². The number of nitrogens with one attached hydrogen (secondary N) is 2. The van der Waals surface area contributed by atoms with Crippen molar-refractivity contribution in [2.24, 2.45) is 0 Å². The number of piperidine rings is 1. The van der Waals surface area contributed by atoms with E-state index >= 15 is 0 Å². The van der Waals surface area contributed by atoms with Crippen LogP contribution < -0.4 is 15.5 Å². The van der Waals surface area contributed by atoms with Crippen LogP contribution in [0.3, 0.4) is 0 Å². The summed E-state index contributed by atoms with van der Waals surface area (Å²) in [7, 11) is 5.66. The van der Waals surface area contributed by atoms with E-state index in [9.17, 15) is 0 Å². The maximum Gasteiger partial charge on any atom is 0.231 e. The predicted molar refractivity (Wildman–Crippen MR) is 82.5 cm³/mol. The lowest BCUT2D eigenvalue weighted by Gasteiger charge is -2.26. The van der Waals surface area contributed by atoms with Crippen molar-refractivity contribution in [1.82, 2.24) is 19.9 Å². The van der Waals surface area contributed by atoms with Gasteiger partial charge in [-0.15, -0.1) is 0 Å². The van der Waals surface area contributed by atoms with E-state index in [-0.39, 0.29) is 0 Å². The molecule has 1 fully saturated rings. The Kier molecular flexibility index (Phi) is 5.34. The highest BCUT2D eigenvalue weighted by Gasteiger charge is 2.10. The van der Waals surface area contributed by atoms with Gasteiger partial charge in [-0.2, -0.15) is 15.0 Å². The number of anilines is 3. The molecule has 20 heavy (non-hydrogen) atoms. The third kappa shape index (κ3) is 4.19. The summed E-state index contributed by atoms with van der Waals surface area (Å²) < 4.78 is 0. The molecule has 0 aromatic carbocycles. The molecule has 0 saturated carbocycles. The standard InChI is InChI=1S/C13H25N7/c1-14-11-16-12(18-13(17-11)19(2)3)15-7-10-20-8-5-4-6-9-20/h4-10H2,1-3H3,(H2,14,15,16,17,18). The Balaban J connectivity index is 1.89. The second kappa shape index (κ2) is 7.23. The Morgan fingerprint density at radius 1 is 1.05 bits per heavy atom. The zero-order valence-electron chi connectivity index (χ0n) is 12.7. The van der Waals surface area contributed by atoms with Crippen LogP contribution in [0.15, 0.2) is 0 Å².